The lowest BCUT2D eigenvalue weighted by Gasteiger charge is -2.17. The first-order chi connectivity index (χ1) is 12.3. The largest absolute Gasteiger partial charge is 0.416 e. The zero-order valence-corrected chi connectivity index (χ0v) is 13.2. The van der Waals surface area contributed by atoms with Gasteiger partial charge in [-0.25, -0.2) is 0 Å². The predicted molar refractivity (Wildman–Crippen MR) is 89.5 cm³/mol. The van der Waals surface area contributed by atoms with Gasteiger partial charge in [-0.15, -0.1) is 0 Å². The van der Waals surface area contributed by atoms with Crippen molar-refractivity contribution in [3.63, 3.8) is 0 Å². The first kappa shape index (κ1) is 17.4. The molecule has 1 atom stereocenters. The highest BCUT2D eigenvalue weighted by Gasteiger charge is 2.37. The molecule has 0 spiro atoms. The van der Waals surface area contributed by atoms with E-state index < -0.39 is 28.3 Å². The van der Waals surface area contributed by atoms with Gasteiger partial charge in [-0.05, 0) is 34.0 Å². The molecule has 0 N–H and O–H groups in total. The number of fused-ring (bicyclic) bond motifs is 1. The van der Waals surface area contributed by atoms with E-state index in [-0.39, 0.29) is 5.56 Å². The maximum absolute atomic E-state index is 13.4. The van der Waals surface area contributed by atoms with Gasteiger partial charge in [-0.3, -0.25) is 10.1 Å². The number of nitro benzene ring substituents is 1. The predicted octanol–water partition coefficient (Wildman–Crippen LogP) is 5.42. The monoisotopic (exact) mass is 356 g/mol. The summed E-state index contributed by atoms with van der Waals surface area (Å²) in [6.45, 7) is 0. The minimum atomic E-state index is -4.81. The average molecular weight is 356 g/mol. The molecule has 1 unspecified atom stereocenters. The molecule has 0 aliphatic rings. The van der Waals surface area contributed by atoms with Crippen molar-refractivity contribution in [2.24, 2.45) is 0 Å². The van der Waals surface area contributed by atoms with Crippen molar-refractivity contribution in [1.82, 2.24) is 0 Å². The number of nitro groups is 1. The van der Waals surface area contributed by atoms with Crippen molar-refractivity contribution in [1.29, 1.82) is 5.26 Å². The lowest BCUT2D eigenvalue weighted by atomic mass is 9.87. The Balaban J connectivity index is 2.18. The topological polar surface area (TPSA) is 66.9 Å². The van der Waals surface area contributed by atoms with Gasteiger partial charge < -0.3 is 0 Å². The highest BCUT2D eigenvalue weighted by molar-refractivity contribution is 5.83. The number of benzene rings is 3. The fraction of sp³-hybridized carbons (Fsp3) is 0.105. The highest BCUT2D eigenvalue weighted by atomic mass is 19.4. The van der Waals surface area contributed by atoms with E-state index in [1.165, 1.54) is 0 Å². The molecule has 0 aliphatic heterocycles. The lowest BCUT2D eigenvalue weighted by Crippen LogP contribution is -2.13. The lowest BCUT2D eigenvalue weighted by molar-refractivity contribution is -0.385. The van der Waals surface area contributed by atoms with E-state index in [1.807, 2.05) is 18.2 Å². The molecular weight excluding hydrogens is 345 g/mol. The Labute approximate surface area is 146 Å². The quantitative estimate of drug-likeness (QED) is 0.465. The van der Waals surface area contributed by atoms with Crippen molar-refractivity contribution in [3.05, 3.63) is 87.5 Å². The molecule has 0 bridgehead atoms. The van der Waals surface area contributed by atoms with E-state index >= 15 is 0 Å². The van der Waals surface area contributed by atoms with Crippen LogP contribution < -0.4 is 0 Å². The molecule has 0 aliphatic carbocycles. The number of non-ortho nitro benzene ring substituents is 1. The maximum atomic E-state index is 13.4. The first-order valence-corrected chi connectivity index (χ1v) is 7.55. The fourth-order valence-corrected chi connectivity index (χ4v) is 2.87. The molecule has 7 heteroatoms. The van der Waals surface area contributed by atoms with Crippen LogP contribution in [-0.2, 0) is 6.18 Å². The number of alkyl halides is 3. The van der Waals surface area contributed by atoms with Gasteiger partial charge in [0.2, 0.25) is 0 Å². The number of halogens is 3. The van der Waals surface area contributed by atoms with Crippen LogP contribution in [0.4, 0.5) is 18.9 Å². The van der Waals surface area contributed by atoms with Crippen LogP contribution >= 0.6 is 0 Å². The summed E-state index contributed by atoms with van der Waals surface area (Å²) < 4.78 is 40.3. The summed E-state index contributed by atoms with van der Waals surface area (Å²) in [6.07, 6.45) is -4.81. The molecule has 0 aromatic heterocycles. The Hall–Kier alpha value is -3.40. The number of nitriles is 1. The van der Waals surface area contributed by atoms with Gasteiger partial charge in [0, 0.05) is 12.1 Å². The Morgan fingerprint density at radius 1 is 1.00 bits per heavy atom. The first-order valence-electron chi connectivity index (χ1n) is 7.55. The molecule has 0 heterocycles. The third kappa shape index (κ3) is 3.22. The fourth-order valence-electron chi connectivity index (χ4n) is 2.87. The Morgan fingerprint density at radius 3 is 2.31 bits per heavy atom. The third-order valence-electron chi connectivity index (χ3n) is 4.10. The van der Waals surface area contributed by atoms with E-state index in [4.69, 9.17) is 0 Å². The summed E-state index contributed by atoms with van der Waals surface area (Å²) in [4.78, 5) is 9.93. The molecule has 3 rings (SSSR count). The number of hydrogen-bond acceptors (Lipinski definition) is 3. The van der Waals surface area contributed by atoms with Gasteiger partial charge in [0.1, 0.15) is 0 Å². The maximum Gasteiger partial charge on any atom is 0.416 e. The third-order valence-corrected chi connectivity index (χ3v) is 4.10. The number of hydrogen-bond donors (Lipinski definition) is 0. The van der Waals surface area contributed by atoms with E-state index in [2.05, 4.69) is 0 Å². The minimum Gasteiger partial charge on any atom is -0.258 e. The van der Waals surface area contributed by atoms with Crippen molar-refractivity contribution in [3.8, 4) is 6.07 Å². The minimum absolute atomic E-state index is 0.305. The van der Waals surface area contributed by atoms with Crippen molar-refractivity contribution < 1.29 is 18.1 Å². The summed E-state index contributed by atoms with van der Waals surface area (Å²) in [7, 11) is 0. The number of rotatable bonds is 3. The summed E-state index contributed by atoms with van der Waals surface area (Å²) in [5, 5.41) is 22.0. The van der Waals surface area contributed by atoms with Crippen LogP contribution in [0.2, 0.25) is 0 Å². The second kappa shape index (κ2) is 6.48. The van der Waals surface area contributed by atoms with E-state index in [9.17, 15) is 28.5 Å². The van der Waals surface area contributed by atoms with E-state index in [0.717, 1.165) is 22.9 Å². The summed E-state index contributed by atoms with van der Waals surface area (Å²) in [5.74, 6) is -1.20. The molecule has 0 amide bonds. The molecule has 3 aromatic rings. The van der Waals surface area contributed by atoms with Gasteiger partial charge >= 0.3 is 6.18 Å². The Bertz CT molecular complexity index is 1040. The Kier molecular flexibility index (Phi) is 4.34. The molecular formula is C19H11F3N2O2. The summed E-state index contributed by atoms with van der Waals surface area (Å²) in [5.41, 5.74) is -1.76. The van der Waals surface area contributed by atoms with Gasteiger partial charge in [-0.2, -0.15) is 18.4 Å². The van der Waals surface area contributed by atoms with E-state index in [0.29, 0.717) is 11.6 Å². The second-order valence-electron chi connectivity index (χ2n) is 5.70. The van der Waals surface area contributed by atoms with E-state index in [1.54, 1.807) is 30.3 Å². The number of nitrogens with zero attached hydrogens (tertiary/aromatic N) is 2. The van der Waals surface area contributed by atoms with Gasteiger partial charge in [-0.1, -0.05) is 36.4 Å². The van der Waals surface area contributed by atoms with Crippen LogP contribution in [0.1, 0.15) is 22.6 Å². The van der Waals surface area contributed by atoms with Gasteiger partial charge in [0.15, 0.2) is 0 Å². The van der Waals surface area contributed by atoms with Gasteiger partial charge in [0.05, 0.1) is 22.5 Å². The molecule has 26 heavy (non-hydrogen) atoms. The molecule has 0 saturated heterocycles. The highest BCUT2D eigenvalue weighted by Crippen LogP contribution is 2.39. The standard InChI is InChI=1S/C19H11F3N2O2/c20-19(21,22)18-10-15(24(25)26)7-8-16(18)17(11-23)14-6-5-12-3-1-2-4-13(12)9-14/h1-10,17H. The van der Waals surface area contributed by atoms with Crippen LogP contribution in [0.3, 0.4) is 0 Å². The van der Waals surface area contributed by atoms with Crippen LogP contribution in [0.15, 0.2) is 60.7 Å². The second-order valence-corrected chi connectivity index (χ2v) is 5.70. The smallest absolute Gasteiger partial charge is 0.258 e. The Morgan fingerprint density at radius 2 is 1.69 bits per heavy atom. The molecule has 0 saturated carbocycles. The summed E-state index contributed by atoms with van der Waals surface area (Å²) >= 11 is 0. The van der Waals surface area contributed by atoms with Crippen LogP contribution in [0.25, 0.3) is 10.8 Å². The molecule has 0 radical (unpaired) electrons. The normalized spacial score (nSPS) is 12.5. The van der Waals surface area contributed by atoms with Crippen molar-refractivity contribution >= 4 is 16.5 Å². The van der Waals surface area contributed by atoms with Crippen molar-refractivity contribution in [2.45, 2.75) is 12.1 Å². The summed E-state index contributed by atoms with van der Waals surface area (Å²) in [6, 6.07) is 16.6. The van der Waals surface area contributed by atoms with Crippen LogP contribution in [0.5, 0.6) is 0 Å². The van der Waals surface area contributed by atoms with Gasteiger partial charge in [0.25, 0.3) is 5.69 Å². The van der Waals surface area contributed by atoms with Crippen LogP contribution in [-0.4, -0.2) is 4.92 Å². The zero-order chi connectivity index (χ0) is 18.9. The molecule has 130 valence electrons. The average Bonchev–Trinajstić information content (AvgIpc) is 2.61. The van der Waals surface area contributed by atoms with Crippen LogP contribution in [0, 0.1) is 21.4 Å². The molecule has 0 fully saturated rings. The van der Waals surface area contributed by atoms with Crippen molar-refractivity contribution in [2.75, 3.05) is 0 Å². The SMILES string of the molecule is N#CC(c1ccc2ccccc2c1)c1ccc([N+](=O)[O-])cc1C(F)(F)F. The molecule has 4 nitrogen and oxygen atoms in total. The molecule has 3 aromatic carbocycles. The zero-order valence-electron chi connectivity index (χ0n) is 13.2.